The highest BCUT2D eigenvalue weighted by atomic mass is 35.5. The molecule has 0 aliphatic carbocycles. The summed E-state index contributed by atoms with van der Waals surface area (Å²) < 4.78 is 0. The van der Waals surface area contributed by atoms with Gasteiger partial charge in [-0.1, -0.05) is 0 Å². The van der Waals surface area contributed by atoms with Crippen LogP contribution in [0, 0.1) is 0 Å². The van der Waals surface area contributed by atoms with E-state index >= 15 is 0 Å². The van der Waals surface area contributed by atoms with Gasteiger partial charge in [-0.05, 0) is 30.1 Å². The van der Waals surface area contributed by atoms with Crippen molar-refractivity contribution in [2.24, 2.45) is 0 Å². The van der Waals surface area contributed by atoms with Crippen LogP contribution in [0.15, 0.2) is 0 Å². The zero-order chi connectivity index (χ0) is 10.6. The summed E-state index contributed by atoms with van der Waals surface area (Å²) in [6.45, 7) is 2.66. The summed E-state index contributed by atoms with van der Waals surface area (Å²) in [6, 6.07) is 0. The summed E-state index contributed by atoms with van der Waals surface area (Å²) in [7, 11) is 0. The molecular formula is C7H8Cl2N4O. The highest BCUT2D eigenvalue weighted by Gasteiger charge is 2.09. The quantitative estimate of drug-likeness (QED) is 0.734. The Bertz CT molecular complexity index is 313. The van der Waals surface area contributed by atoms with Gasteiger partial charge in [0.15, 0.2) is 0 Å². The molecule has 0 saturated carbocycles. The molecule has 0 amide bonds. The molecule has 0 aliphatic rings. The molecule has 1 heterocycles. The fourth-order valence-corrected chi connectivity index (χ4v) is 1.25. The minimum atomic E-state index is 0.0179. The summed E-state index contributed by atoms with van der Waals surface area (Å²) in [4.78, 5) is 23.3. The van der Waals surface area contributed by atoms with Gasteiger partial charge >= 0.3 is 0 Å². The number of carbonyl (C=O) groups excluding carboxylic acids is 1. The van der Waals surface area contributed by atoms with Crippen molar-refractivity contribution in [2.75, 3.05) is 18.0 Å². The van der Waals surface area contributed by atoms with Gasteiger partial charge in [0.25, 0.3) is 0 Å². The second-order valence-electron chi connectivity index (χ2n) is 2.38. The van der Waals surface area contributed by atoms with Gasteiger partial charge in [-0.2, -0.15) is 15.0 Å². The monoisotopic (exact) mass is 234 g/mol. The van der Waals surface area contributed by atoms with Crippen LogP contribution in [0.4, 0.5) is 5.95 Å². The van der Waals surface area contributed by atoms with E-state index in [1.807, 2.05) is 6.92 Å². The van der Waals surface area contributed by atoms with Crippen LogP contribution in [0.5, 0.6) is 0 Å². The Kier molecular flexibility index (Phi) is 4.03. The molecule has 0 aromatic carbocycles. The van der Waals surface area contributed by atoms with E-state index in [0.29, 0.717) is 12.5 Å². The molecule has 0 spiro atoms. The fourth-order valence-electron chi connectivity index (χ4n) is 0.900. The summed E-state index contributed by atoms with van der Waals surface area (Å²) in [6.07, 6.45) is 0.759. The molecule has 1 aromatic rings. The van der Waals surface area contributed by atoms with Crippen LogP contribution in [0.25, 0.3) is 0 Å². The van der Waals surface area contributed by atoms with Gasteiger partial charge in [0.1, 0.15) is 6.29 Å². The van der Waals surface area contributed by atoms with E-state index in [9.17, 15) is 4.79 Å². The number of aromatic nitrogens is 3. The van der Waals surface area contributed by atoms with Crippen LogP contribution in [-0.2, 0) is 4.79 Å². The normalized spacial score (nSPS) is 9.93. The predicted octanol–water partition coefficient (Wildman–Crippen LogP) is 1.20. The second-order valence-corrected chi connectivity index (χ2v) is 3.05. The third-order valence-electron chi connectivity index (χ3n) is 1.53. The van der Waals surface area contributed by atoms with E-state index in [0.717, 1.165) is 6.29 Å². The lowest BCUT2D eigenvalue weighted by molar-refractivity contribution is -0.106. The first-order valence-corrected chi connectivity index (χ1v) is 4.68. The molecule has 7 heteroatoms. The van der Waals surface area contributed by atoms with Crippen molar-refractivity contribution in [2.45, 2.75) is 6.92 Å². The Morgan fingerprint density at radius 1 is 1.29 bits per heavy atom. The van der Waals surface area contributed by atoms with Gasteiger partial charge in [0.2, 0.25) is 16.5 Å². The molecule has 5 nitrogen and oxygen atoms in total. The molecule has 0 aliphatic heterocycles. The fraction of sp³-hybridized carbons (Fsp3) is 0.429. The first-order valence-electron chi connectivity index (χ1n) is 3.93. The summed E-state index contributed by atoms with van der Waals surface area (Å²) in [5.74, 6) is 0.310. The van der Waals surface area contributed by atoms with Crippen molar-refractivity contribution in [3.05, 3.63) is 10.6 Å². The van der Waals surface area contributed by atoms with Crippen LogP contribution in [-0.4, -0.2) is 34.3 Å². The number of hydrogen-bond acceptors (Lipinski definition) is 5. The maximum absolute atomic E-state index is 10.3. The number of anilines is 1. The Morgan fingerprint density at radius 3 is 2.29 bits per heavy atom. The minimum Gasteiger partial charge on any atom is -0.334 e. The average molecular weight is 235 g/mol. The van der Waals surface area contributed by atoms with Crippen molar-refractivity contribution in [1.82, 2.24) is 15.0 Å². The first kappa shape index (κ1) is 11.1. The lowest BCUT2D eigenvalue weighted by Crippen LogP contribution is -2.27. The molecule has 0 unspecified atom stereocenters. The van der Waals surface area contributed by atoms with Gasteiger partial charge in [0.05, 0.1) is 6.54 Å². The van der Waals surface area contributed by atoms with E-state index in [1.165, 1.54) is 0 Å². The molecule has 0 saturated heterocycles. The number of aldehydes is 1. The van der Waals surface area contributed by atoms with Crippen molar-refractivity contribution in [3.63, 3.8) is 0 Å². The topological polar surface area (TPSA) is 59.0 Å². The molecule has 1 aromatic heterocycles. The lowest BCUT2D eigenvalue weighted by Gasteiger charge is -2.16. The molecule has 0 fully saturated rings. The Hall–Kier alpha value is -0.940. The zero-order valence-electron chi connectivity index (χ0n) is 7.44. The summed E-state index contributed by atoms with van der Waals surface area (Å²) >= 11 is 11.2. The van der Waals surface area contributed by atoms with Gasteiger partial charge in [-0.15, -0.1) is 0 Å². The average Bonchev–Trinajstić information content (AvgIpc) is 2.12. The van der Waals surface area contributed by atoms with E-state index in [2.05, 4.69) is 15.0 Å². The molecular weight excluding hydrogens is 227 g/mol. The largest absolute Gasteiger partial charge is 0.334 e. The van der Waals surface area contributed by atoms with Crippen LogP contribution in [0.2, 0.25) is 10.6 Å². The predicted molar refractivity (Wildman–Crippen MR) is 53.8 cm³/mol. The molecule has 0 N–H and O–H groups in total. The van der Waals surface area contributed by atoms with E-state index in [1.54, 1.807) is 4.90 Å². The zero-order valence-corrected chi connectivity index (χ0v) is 8.96. The Morgan fingerprint density at radius 2 is 1.86 bits per heavy atom. The third-order valence-corrected chi connectivity index (χ3v) is 1.87. The number of rotatable bonds is 4. The van der Waals surface area contributed by atoms with E-state index < -0.39 is 0 Å². The minimum absolute atomic E-state index is 0.0179. The number of nitrogens with zero attached hydrogens (tertiary/aromatic N) is 4. The highest BCUT2D eigenvalue weighted by molar-refractivity contribution is 6.31. The molecule has 14 heavy (non-hydrogen) atoms. The Labute approximate surface area is 91.1 Å². The summed E-state index contributed by atoms with van der Waals surface area (Å²) in [5.41, 5.74) is 0. The summed E-state index contributed by atoms with van der Waals surface area (Å²) in [5, 5.41) is 0.0358. The van der Waals surface area contributed by atoms with E-state index in [4.69, 9.17) is 23.2 Å². The number of hydrogen-bond donors (Lipinski definition) is 0. The Balaban J connectivity index is 2.96. The standard InChI is InChI=1S/C7H8Cl2N4O/c1-2-13(3-4-14)7-11-5(8)10-6(9)12-7/h4H,2-3H2,1H3. The molecule has 0 atom stereocenters. The van der Waals surface area contributed by atoms with Crippen molar-refractivity contribution >= 4 is 35.4 Å². The lowest BCUT2D eigenvalue weighted by atomic mass is 10.5. The van der Waals surface area contributed by atoms with Crippen molar-refractivity contribution in [1.29, 1.82) is 0 Å². The third kappa shape index (κ3) is 2.78. The molecule has 0 bridgehead atoms. The van der Waals surface area contributed by atoms with E-state index in [-0.39, 0.29) is 17.1 Å². The smallest absolute Gasteiger partial charge is 0.231 e. The van der Waals surface area contributed by atoms with Gasteiger partial charge < -0.3 is 9.69 Å². The van der Waals surface area contributed by atoms with Gasteiger partial charge in [-0.3, -0.25) is 0 Å². The molecule has 0 radical (unpaired) electrons. The maximum Gasteiger partial charge on any atom is 0.231 e. The SMILES string of the molecule is CCN(CC=O)c1nc(Cl)nc(Cl)n1. The van der Waals surface area contributed by atoms with Crippen molar-refractivity contribution in [3.8, 4) is 0 Å². The number of halogens is 2. The van der Waals surface area contributed by atoms with Gasteiger partial charge in [0, 0.05) is 6.54 Å². The van der Waals surface area contributed by atoms with Crippen LogP contribution in [0.3, 0.4) is 0 Å². The molecule has 76 valence electrons. The molecule has 1 rings (SSSR count). The van der Waals surface area contributed by atoms with Crippen LogP contribution in [0.1, 0.15) is 6.92 Å². The van der Waals surface area contributed by atoms with Crippen molar-refractivity contribution < 1.29 is 4.79 Å². The van der Waals surface area contributed by atoms with Crippen LogP contribution >= 0.6 is 23.2 Å². The van der Waals surface area contributed by atoms with Crippen LogP contribution < -0.4 is 4.90 Å². The maximum atomic E-state index is 10.3. The second kappa shape index (κ2) is 5.07. The highest BCUT2D eigenvalue weighted by Crippen LogP contribution is 2.12. The number of likely N-dealkylation sites (N-methyl/N-ethyl adjacent to an activating group) is 1. The number of carbonyl (C=O) groups is 1. The van der Waals surface area contributed by atoms with Gasteiger partial charge in [-0.25, -0.2) is 0 Å². The first-order chi connectivity index (χ1) is 6.67.